The van der Waals surface area contributed by atoms with Crippen molar-refractivity contribution in [2.24, 2.45) is 0 Å². The minimum absolute atomic E-state index is 0.146. The van der Waals surface area contributed by atoms with Gasteiger partial charge in [-0.3, -0.25) is 0 Å². The van der Waals surface area contributed by atoms with Crippen molar-refractivity contribution in [1.29, 1.82) is 0 Å². The fraction of sp³-hybridized carbons (Fsp3) is 0.368. The predicted molar refractivity (Wildman–Crippen MR) is 96.5 cm³/mol. The van der Waals surface area contributed by atoms with Crippen LogP contribution < -0.4 is 4.74 Å². The zero-order chi connectivity index (χ0) is 18.1. The summed E-state index contributed by atoms with van der Waals surface area (Å²) in [5, 5.41) is 10.7. The van der Waals surface area contributed by atoms with E-state index in [0.717, 1.165) is 5.75 Å². The van der Waals surface area contributed by atoms with E-state index in [1.165, 1.54) is 6.07 Å². The molecule has 0 fully saturated rings. The van der Waals surface area contributed by atoms with Crippen LogP contribution in [-0.2, 0) is 11.3 Å². The number of rotatable bonds is 10. The number of benzene rings is 2. The molecule has 2 rings (SSSR count). The van der Waals surface area contributed by atoms with Crippen molar-refractivity contribution in [3.63, 3.8) is 0 Å². The summed E-state index contributed by atoms with van der Waals surface area (Å²) < 4.78 is 24.5. The molecular weight excluding hydrogens is 345 g/mol. The van der Waals surface area contributed by atoms with E-state index in [9.17, 15) is 9.50 Å². The van der Waals surface area contributed by atoms with Crippen LogP contribution >= 0.6 is 11.6 Å². The van der Waals surface area contributed by atoms with Gasteiger partial charge in [0.05, 0.1) is 19.3 Å². The Balaban J connectivity index is 1.60. The monoisotopic (exact) mass is 367 g/mol. The van der Waals surface area contributed by atoms with Gasteiger partial charge in [0.2, 0.25) is 0 Å². The largest absolute Gasteiger partial charge is 0.492 e. The van der Waals surface area contributed by atoms with Gasteiger partial charge in [-0.2, -0.15) is 0 Å². The average molecular weight is 368 g/mol. The number of halogens is 2. The van der Waals surface area contributed by atoms with E-state index in [0.29, 0.717) is 30.3 Å². The molecule has 0 aromatic heterocycles. The molecule has 136 valence electrons. The van der Waals surface area contributed by atoms with Crippen LogP contribution in [0.25, 0.3) is 0 Å². The second kappa shape index (κ2) is 10.4. The van der Waals surface area contributed by atoms with Crippen LogP contribution in [-0.4, -0.2) is 49.5 Å². The Morgan fingerprint density at radius 2 is 1.88 bits per heavy atom. The van der Waals surface area contributed by atoms with Gasteiger partial charge < -0.3 is 19.5 Å². The lowest BCUT2D eigenvalue weighted by atomic mass is 10.2. The van der Waals surface area contributed by atoms with E-state index in [-0.39, 0.29) is 19.0 Å². The van der Waals surface area contributed by atoms with Gasteiger partial charge in [-0.1, -0.05) is 29.8 Å². The maximum atomic E-state index is 13.5. The molecule has 0 saturated carbocycles. The van der Waals surface area contributed by atoms with E-state index < -0.39 is 6.10 Å². The standard InChI is InChI=1S/C19H23ClFNO3/c1-22(10-11-25-18-8-6-16(20)7-9-18)12-17(23)14-24-13-15-4-2-3-5-19(15)21/h2-9,17,23H,10-14H2,1H3/t17-/m0/s1. The molecule has 0 saturated heterocycles. The van der Waals surface area contributed by atoms with Crippen molar-refractivity contribution >= 4 is 11.6 Å². The second-order valence-electron chi connectivity index (χ2n) is 5.82. The highest BCUT2D eigenvalue weighted by molar-refractivity contribution is 6.30. The lowest BCUT2D eigenvalue weighted by Gasteiger charge is -2.20. The molecule has 0 bridgehead atoms. The molecule has 6 heteroatoms. The summed E-state index contributed by atoms with van der Waals surface area (Å²) >= 11 is 5.82. The zero-order valence-corrected chi connectivity index (χ0v) is 15.0. The number of hydrogen-bond acceptors (Lipinski definition) is 4. The Morgan fingerprint density at radius 1 is 1.16 bits per heavy atom. The smallest absolute Gasteiger partial charge is 0.128 e. The van der Waals surface area contributed by atoms with E-state index in [4.69, 9.17) is 21.1 Å². The zero-order valence-electron chi connectivity index (χ0n) is 14.2. The van der Waals surface area contributed by atoms with Gasteiger partial charge in [0, 0.05) is 23.7 Å². The van der Waals surface area contributed by atoms with Gasteiger partial charge in [-0.15, -0.1) is 0 Å². The third kappa shape index (κ3) is 7.40. The van der Waals surface area contributed by atoms with Gasteiger partial charge >= 0.3 is 0 Å². The molecule has 0 amide bonds. The van der Waals surface area contributed by atoms with Crippen LogP contribution in [0.15, 0.2) is 48.5 Å². The SMILES string of the molecule is CN(CCOc1ccc(Cl)cc1)C[C@H](O)COCc1ccccc1F. The summed E-state index contributed by atoms with van der Waals surface area (Å²) in [4.78, 5) is 1.95. The average Bonchev–Trinajstić information content (AvgIpc) is 2.58. The van der Waals surface area contributed by atoms with E-state index in [2.05, 4.69) is 0 Å². The Bertz CT molecular complexity index is 639. The fourth-order valence-corrected chi connectivity index (χ4v) is 2.40. The van der Waals surface area contributed by atoms with Crippen molar-refractivity contribution in [1.82, 2.24) is 4.90 Å². The molecule has 2 aromatic rings. The van der Waals surface area contributed by atoms with Crippen molar-refractivity contribution in [3.05, 3.63) is 64.9 Å². The summed E-state index contributed by atoms with van der Waals surface area (Å²) in [6.07, 6.45) is -0.646. The van der Waals surface area contributed by atoms with Gasteiger partial charge in [0.15, 0.2) is 0 Å². The number of aliphatic hydroxyl groups excluding tert-OH is 1. The molecule has 0 spiro atoms. The van der Waals surface area contributed by atoms with Crippen molar-refractivity contribution in [2.45, 2.75) is 12.7 Å². The first kappa shape index (κ1) is 19.7. The van der Waals surface area contributed by atoms with Crippen LogP contribution in [0.5, 0.6) is 5.75 Å². The molecule has 0 aliphatic carbocycles. The van der Waals surface area contributed by atoms with Crippen molar-refractivity contribution in [3.8, 4) is 5.75 Å². The normalized spacial score (nSPS) is 12.4. The maximum Gasteiger partial charge on any atom is 0.128 e. The molecule has 0 aliphatic rings. The Labute approximate surface area is 152 Å². The first-order chi connectivity index (χ1) is 12.0. The van der Waals surface area contributed by atoms with Crippen LogP contribution in [0, 0.1) is 5.82 Å². The Morgan fingerprint density at radius 3 is 2.60 bits per heavy atom. The first-order valence-electron chi connectivity index (χ1n) is 8.10. The third-order valence-electron chi connectivity index (χ3n) is 3.60. The molecular formula is C19H23ClFNO3. The van der Waals surface area contributed by atoms with Crippen LogP contribution in [0.4, 0.5) is 4.39 Å². The quantitative estimate of drug-likeness (QED) is 0.699. The second-order valence-corrected chi connectivity index (χ2v) is 6.26. The summed E-state index contributed by atoms with van der Waals surface area (Å²) in [7, 11) is 1.89. The number of ether oxygens (including phenoxy) is 2. The number of hydrogen-bond donors (Lipinski definition) is 1. The van der Waals surface area contributed by atoms with Crippen LogP contribution in [0.2, 0.25) is 5.02 Å². The Hall–Kier alpha value is -1.66. The predicted octanol–water partition coefficient (Wildman–Crippen LogP) is 3.37. The minimum atomic E-state index is -0.646. The van der Waals surface area contributed by atoms with Crippen LogP contribution in [0.1, 0.15) is 5.56 Å². The molecule has 0 unspecified atom stereocenters. The minimum Gasteiger partial charge on any atom is -0.492 e. The number of nitrogens with zero attached hydrogens (tertiary/aromatic N) is 1. The first-order valence-corrected chi connectivity index (χ1v) is 8.48. The molecule has 0 heterocycles. The lowest BCUT2D eigenvalue weighted by Crippen LogP contribution is -2.34. The summed E-state index contributed by atoms with van der Waals surface area (Å²) in [6, 6.07) is 13.6. The molecule has 4 nitrogen and oxygen atoms in total. The number of likely N-dealkylation sites (N-methyl/N-ethyl adjacent to an activating group) is 1. The van der Waals surface area contributed by atoms with Gasteiger partial charge in [-0.05, 0) is 37.4 Å². The Kier molecular flexibility index (Phi) is 8.15. The van der Waals surface area contributed by atoms with Crippen molar-refractivity contribution < 1.29 is 19.0 Å². The molecule has 1 atom stereocenters. The maximum absolute atomic E-state index is 13.5. The molecule has 2 aromatic carbocycles. The molecule has 0 radical (unpaired) electrons. The summed E-state index contributed by atoms with van der Waals surface area (Å²) in [6.45, 7) is 1.90. The lowest BCUT2D eigenvalue weighted by molar-refractivity contribution is 0.0116. The highest BCUT2D eigenvalue weighted by Gasteiger charge is 2.09. The fourth-order valence-electron chi connectivity index (χ4n) is 2.27. The number of aliphatic hydroxyl groups is 1. The summed E-state index contributed by atoms with van der Waals surface area (Å²) in [5.74, 6) is 0.458. The van der Waals surface area contributed by atoms with Gasteiger partial charge in [0.1, 0.15) is 18.2 Å². The summed E-state index contributed by atoms with van der Waals surface area (Å²) in [5.41, 5.74) is 0.486. The van der Waals surface area contributed by atoms with E-state index in [1.807, 2.05) is 24.1 Å². The molecule has 1 N–H and O–H groups in total. The third-order valence-corrected chi connectivity index (χ3v) is 3.86. The van der Waals surface area contributed by atoms with Gasteiger partial charge in [0.25, 0.3) is 0 Å². The van der Waals surface area contributed by atoms with E-state index in [1.54, 1.807) is 30.3 Å². The highest BCUT2D eigenvalue weighted by Crippen LogP contribution is 2.15. The van der Waals surface area contributed by atoms with Crippen LogP contribution in [0.3, 0.4) is 0 Å². The highest BCUT2D eigenvalue weighted by atomic mass is 35.5. The van der Waals surface area contributed by atoms with Gasteiger partial charge in [-0.25, -0.2) is 4.39 Å². The molecule has 25 heavy (non-hydrogen) atoms. The van der Waals surface area contributed by atoms with Crippen molar-refractivity contribution in [2.75, 3.05) is 33.4 Å². The topological polar surface area (TPSA) is 41.9 Å². The molecule has 0 aliphatic heterocycles. The van der Waals surface area contributed by atoms with E-state index >= 15 is 0 Å².